The van der Waals surface area contributed by atoms with Crippen molar-refractivity contribution in [3.05, 3.63) is 71.3 Å². The maximum atomic E-state index is 12.5. The van der Waals surface area contributed by atoms with Crippen LogP contribution in [0.5, 0.6) is 0 Å². The molecule has 1 unspecified atom stereocenters. The first kappa shape index (κ1) is 20.9. The Morgan fingerprint density at radius 3 is 2.33 bits per heavy atom. The van der Waals surface area contributed by atoms with Crippen molar-refractivity contribution in [3.63, 3.8) is 0 Å². The lowest BCUT2D eigenvalue weighted by atomic mass is 9.92. The van der Waals surface area contributed by atoms with Crippen molar-refractivity contribution < 1.29 is 9.59 Å². The van der Waals surface area contributed by atoms with E-state index in [2.05, 4.69) is 5.32 Å². The smallest absolute Gasteiger partial charge is 0.244 e. The molecule has 1 aliphatic rings. The van der Waals surface area contributed by atoms with Gasteiger partial charge in [-0.1, -0.05) is 54.6 Å². The van der Waals surface area contributed by atoms with Gasteiger partial charge in [-0.15, -0.1) is 12.4 Å². The van der Waals surface area contributed by atoms with Crippen LogP contribution in [-0.4, -0.2) is 23.3 Å². The van der Waals surface area contributed by atoms with Crippen LogP contribution in [0.25, 0.3) is 0 Å². The van der Waals surface area contributed by atoms with E-state index in [1.54, 1.807) is 6.92 Å². The molecule has 0 radical (unpaired) electrons. The monoisotopic (exact) mass is 387 g/mol. The van der Waals surface area contributed by atoms with Crippen molar-refractivity contribution in [2.45, 2.75) is 38.4 Å². The van der Waals surface area contributed by atoms with Crippen molar-refractivity contribution in [1.29, 1.82) is 0 Å². The van der Waals surface area contributed by atoms with Crippen LogP contribution in [0.2, 0.25) is 0 Å². The van der Waals surface area contributed by atoms with Crippen LogP contribution in [0.15, 0.2) is 54.6 Å². The number of carbonyl (C=O) groups is 2. The summed E-state index contributed by atoms with van der Waals surface area (Å²) in [5.74, 6) is 0.0138. The lowest BCUT2D eigenvalue weighted by molar-refractivity contribution is -0.128. The van der Waals surface area contributed by atoms with Gasteiger partial charge in [0.1, 0.15) is 5.54 Å². The normalized spacial score (nSPS) is 15.8. The van der Waals surface area contributed by atoms with Gasteiger partial charge >= 0.3 is 0 Å². The molecule has 0 spiro atoms. The molecule has 0 aromatic heterocycles. The molecule has 0 saturated carbocycles. The van der Waals surface area contributed by atoms with E-state index in [1.165, 1.54) is 0 Å². The molecule has 1 heterocycles. The summed E-state index contributed by atoms with van der Waals surface area (Å²) in [7, 11) is 0. The Morgan fingerprint density at radius 1 is 1.11 bits per heavy atom. The van der Waals surface area contributed by atoms with Gasteiger partial charge in [0.25, 0.3) is 0 Å². The van der Waals surface area contributed by atoms with Crippen LogP contribution in [0.1, 0.15) is 36.5 Å². The average Bonchev–Trinajstić information content (AvgIpc) is 3.06. The fourth-order valence-corrected chi connectivity index (χ4v) is 3.14. The highest BCUT2D eigenvalue weighted by Crippen LogP contribution is 2.18. The Kier molecular flexibility index (Phi) is 6.99. The minimum atomic E-state index is -1.07. The van der Waals surface area contributed by atoms with Gasteiger partial charge in [-0.25, -0.2) is 0 Å². The second-order valence-electron chi connectivity index (χ2n) is 6.99. The molecule has 27 heavy (non-hydrogen) atoms. The van der Waals surface area contributed by atoms with Gasteiger partial charge in [0.2, 0.25) is 11.8 Å². The standard InChI is InChI=1S/C21H25N3O2.ClH/c1-21(22,18-6-3-2-4-7-18)20(26)23-14-16-9-11-17(12-10-16)15-24-13-5-8-19(24)25;/h2-4,6-7,9-12H,5,8,13-15,22H2,1H3,(H,23,26);1H. The molecule has 3 N–H and O–H groups in total. The number of rotatable bonds is 6. The molecule has 5 nitrogen and oxygen atoms in total. The zero-order valence-corrected chi connectivity index (χ0v) is 16.3. The number of benzene rings is 2. The first-order valence-corrected chi connectivity index (χ1v) is 8.95. The van der Waals surface area contributed by atoms with E-state index >= 15 is 0 Å². The number of nitrogens with one attached hydrogen (secondary N) is 1. The minimum Gasteiger partial charge on any atom is -0.350 e. The number of hydrogen-bond acceptors (Lipinski definition) is 3. The summed E-state index contributed by atoms with van der Waals surface area (Å²) in [5.41, 5.74) is 8.03. The molecule has 0 aliphatic carbocycles. The third-order valence-electron chi connectivity index (χ3n) is 4.87. The maximum Gasteiger partial charge on any atom is 0.244 e. The van der Waals surface area contributed by atoms with E-state index < -0.39 is 5.54 Å². The van der Waals surface area contributed by atoms with E-state index in [-0.39, 0.29) is 24.2 Å². The topological polar surface area (TPSA) is 75.4 Å². The lowest BCUT2D eigenvalue weighted by Crippen LogP contribution is -2.48. The SMILES string of the molecule is CC(N)(C(=O)NCc1ccc(CN2CCCC2=O)cc1)c1ccccc1.Cl. The lowest BCUT2D eigenvalue weighted by Gasteiger charge is -2.24. The Labute approximate surface area is 166 Å². The second-order valence-corrected chi connectivity index (χ2v) is 6.99. The molecule has 1 fully saturated rings. The highest BCUT2D eigenvalue weighted by atomic mass is 35.5. The Hall–Kier alpha value is -2.37. The van der Waals surface area contributed by atoms with Crippen molar-refractivity contribution in [2.75, 3.05) is 6.54 Å². The molecule has 1 atom stereocenters. The minimum absolute atomic E-state index is 0. The van der Waals surface area contributed by atoms with Gasteiger partial charge in [-0.05, 0) is 30.0 Å². The van der Waals surface area contributed by atoms with Crippen LogP contribution in [-0.2, 0) is 28.2 Å². The van der Waals surface area contributed by atoms with Gasteiger partial charge in [0, 0.05) is 26.1 Å². The van der Waals surface area contributed by atoms with Gasteiger partial charge < -0.3 is 16.0 Å². The molecular formula is C21H26ClN3O2. The summed E-state index contributed by atoms with van der Waals surface area (Å²) in [6.45, 7) is 3.63. The van der Waals surface area contributed by atoms with E-state index in [9.17, 15) is 9.59 Å². The summed E-state index contributed by atoms with van der Waals surface area (Å²) < 4.78 is 0. The zero-order valence-electron chi connectivity index (χ0n) is 15.5. The number of nitrogens with two attached hydrogens (primary N) is 1. The van der Waals surface area contributed by atoms with Gasteiger partial charge in [-0.3, -0.25) is 9.59 Å². The van der Waals surface area contributed by atoms with Gasteiger partial charge in [-0.2, -0.15) is 0 Å². The van der Waals surface area contributed by atoms with E-state index in [1.807, 2.05) is 59.5 Å². The summed E-state index contributed by atoms with van der Waals surface area (Å²) in [6.07, 6.45) is 1.60. The molecule has 2 amide bonds. The zero-order chi connectivity index (χ0) is 18.6. The second kappa shape index (κ2) is 9.02. The summed E-state index contributed by atoms with van der Waals surface area (Å²) >= 11 is 0. The fourth-order valence-electron chi connectivity index (χ4n) is 3.14. The first-order chi connectivity index (χ1) is 12.5. The summed E-state index contributed by atoms with van der Waals surface area (Å²) in [5, 5.41) is 2.91. The van der Waals surface area contributed by atoms with Gasteiger partial charge in [0.15, 0.2) is 0 Å². The van der Waals surface area contributed by atoms with E-state index in [0.717, 1.165) is 29.7 Å². The van der Waals surface area contributed by atoms with Crippen LogP contribution in [0.3, 0.4) is 0 Å². The quantitative estimate of drug-likeness (QED) is 0.800. The number of halogens is 1. The maximum absolute atomic E-state index is 12.5. The number of hydrogen-bond donors (Lipinski definition) is 2. The molecule has 0 bridgehead atoms. The number of amides is 2. The average molecular weight is 388 g/mol. The number of likely N-dealkylation sites (tertiary alicyclic amines) is 1. The summed E-state index contributed by atoms with van der Waals surface area (Å²) in [6, 6.07) is 17.3. The van der Waals surface area contributed by atoms with Crippen LogP contribution >= 0.6 is 12.4 Å². The highest BCUT2D eigenvalue weighted by Gasteiger charge is 2.29. The molecule has 3 rings (SSSR count). The van der Waals surface area contributed by atoms with E-state index in [0.29, 0.717) is 19.5 Å². The fraction of sp³-hybridized carbons (Fsp3) is 0.333. The van der Waals surface area contributed by atoms with Crippen molar-refractivity contribution in [2.24, 2.45) is 5.73 Å². The first-order valence-electron chi connectivity index (χ1n) is 8.95. The number of nitrogens with zero attached hydrogens (tertiary/aromatic N) is 1. The van der Waals surface area contributed by atoms with Crippen molar-refractivity contribution in [1.82, 2.24) is 10.2 Å². The molecule has 6 heteroatoms. The highest BCUT2D eigenvalue weighted by molar-refractivity contribution is 5.87. The van der Waals surface area contributed by atoms with Crippen LogP contribution < -0.4 is 11.1 Å². The molecule has 1 aliphatic heterocycles. The van der Waals surface area contributed by atoms with Crippen LogP contribution in [0.4, 0.5) is 0 Å². The van der Waals surface area contributed by atoms with Crippen molar-refractivity contribution >= 4 is 24.2 Å². The third-order valence-corrected chi connectivity index (χ3v) is 4.87. The summed E-state index contributed by atoms with van der Waals surface area (Å²) in [4.78, 5) is 26.1. The molecule has 2 aromatic carbocycles. The molecule has 144 valence electrons. The van der Waals surface area contributed by atoms with Gasteiger partial charge in [0.05, 0.1) is 0 Å². The van der Waals surface area contributed by atoms with Crippen LogP contribution in [0, 0.1) is 0 Å². The predicted molar refractivity (Wildman–Crippen MR) is 108 cm³/mol. The molecule has 1 saturated heterocycles. The molecular weight excluding hydrogens is 362 g/mol. The Morgan fingerprint density at radius 2 is 1.74 bits per heavy atom. The predicted octanol–water partition coefficient (Wildman–Crippen LogP) is 2.72. The van der Waals surface area contributed by atoms with Crippen molar-refractivity contribution in [3.8, 4) is 0 Å². The van der Waals surface area contributed by atoms with E-state index in [4.69, 9.17) is 5.73 Å². The Balaban J connectivity index is 0.00000261. The molecule has 2 aromatic rings. The Bertz CT molecular complexity index is 776. The third kappa shape index (κ3) is 5.08. The largest absolute Gasteiger partial charge is 0.350 e. The number of carbonyl (C=O) groups excluding carboxylic acids is 2.